The van der Waals surface area contributed by atoms with E-state index in [1.54, 1.807) is 18.1 Å². The van der Waals surface area contributed by atoms with Crippen LogP contribution < -0.4 is 19.5 Å². The van der Waals surface area contributed by atoms with Gasteiger partial charge in [0.1, 0.15) is 11.9 Å². The van der Waals surface area contributed by atoms with Gasteiger partial charge in [0.15, 0.2) is 0 Å². The molecule has 1 saturated heterocycles. The van der Waals surface area contributed by atoms with Crippen LogP contribution in [0.15, 0.2) is 36.7 Å². The molecule has 8 nitrogen and oxygen atoms in total. The number of benzene rings is 1. The molecular weight excluding hydrogens is 324 g/mol. The van der Waals surface area contributed by atoms with E-state index in [1.807, 2.05) is 18.2 Å². The van der Waals surface area contributed by atoms with E-state index in [2.05, 4.69) is 15.3 Å². The number of carbonyl (C=O) groups excluding carboxylic acids is 1. The Hall–Kier alpha value is -3.03. The molecule has 1 fully saturated rings. The van der Waals surface area contributed by atoms with E-state index >= 15 is 0 Å². The molecule has 25 heavy (non-hydrogen) atoms. The molecule has 0 bridgehead atoms. The number of urea groups is 1. The number of likely N-dealkylation sites (tertiary alicyclic amines) is 1. The minimum absolute atomic E-state index is 0.127. The number of anilines is 1. The smallest absolute Gasteiger partial charge is 0.321 e. The highest BCUT2D eigenvalue weighted by Gasteiger charge is 2.28. The van der Waals surface area contributed by atoms with Crippen molar-refractivity contribution in [2.75, 3.05) is 32.6 Å². The second kappa shape index (κ2) is 7.69. The highest BCUT2D eigenvalue weighted by Crippen LogP contribution is 2.20. The van der Waals surface area contributed by atoms with Crippen LogP contribution in [0.1, 0.15) is 6.42 Å². The van der Waals surface area contributed by atoms with Gasteiger partial charge in [-0.2, -0.15) is 4.98 Å². The normalized spacial score (nSPS) is 16.4. The van der Waals surface area contributed by atoms with Crippen molar-refractivity contribution in [3.05, 3.63) is 36.7 Å². The maximum atomic E-state index is 12.4. The van der Waals surface area contributed by atoms with Crippen LogP contribution in [0.2, 0.25) is 0 Å². The van der Waals surface area contributed by atoms with Gasteiger partial charge in [0.05, 0.1) is 33.2 Å². The average Bonchev–Trinajstić information content (AvgIpc) is 3.10. The van der Waals surface area contributed by atoms with E-state index in [0.717, 1.165) is 6.42 Å². The lowest BCUT2D eigenvalue weighted by Crippen LogP contribution is -2.34. The third-order valence-electron chi connectivity index (χ3n) is 3.84. The summed E-state index contributed by atoms with van der Waals surface area (Å²) in [7, 11) is 3.11. The number of aromatic nitrogens is 2. The van der Waals surface area contributed by atoms with Crippen molar-refractivity contribution in [3.63, 3.8) is 0 Å². The third kappa shape index (κ3) is 4.28. The second-order valence-corrected chi connectivity index (χ2v) is 5.54. The lowest BCUT2D eigenvalue weighted by molar-refractivity contribution is 0.188. The van der Waals surface area contributed by atoms with Gasteiger partial charge < -0.3 is 24.4 Å². The summed E-state index contributed by atoms with van der Waals surface area (Å²) in [5, 5.41) is 2.86. The Morgan fingerprint density at radius 3 is 2.88 bits per heavy atom. The molecule has 0 spiro atoms. The molecule has 1 N–H and O–H groups in total. The zero-order valence-electron chi connectivity index (χ0n) is 14.1. The molecular formula is C17H20N4O4. The van der Waals surface area contributed by atoms with Gasteiger partial charge in [-0.15, -0.1) is 0 Å². The van der Waals surface area contributed by atoms with Crippen molar-refractivity contribution < 1.29 is 19.0 Å². The Balaban J connectivity index is 1.55. The number of hydrogen-bond donors (Lipinski definition) is 1. The summed E-state index contributed by atoms with van der Waals surface area (Å²) in [6.07, 6.45) is 3.64. The van der Waals surface area contributed by atoms with Crippen LogP contribution in [0.5, 0.6) is 17.5 Å². The number of rotatable bonds is 5. The molecule has 1 unspecified atom stereocenters. The highest BCUT2D eigenvalue weighted by atomic mass is 16.5. The summed E-state index contributed by atoms with van der Waals surface area (Å²) < 4.78 is 16.0. The van der Waals surface area contributed by atoms with Crippen molar-refractivity contribution in [3.8, 4) is 17.5 Å². The monoisotopic (exact) mass is 344 g/mol. The molecule has 0 saturated carbocycles. The zero-order valence-corrected chi connectivity index (χ0v) is 14.1. The van der Waals surface area contributed by atoms with E-state index < -0.39 is 0 Å². The number of methoxy groups -OCH3 is 2. The van der Waals surface area contributed by atoms with E-state index in [1.165, 1.54) is 19.5 Å². The fraction of sp³-hybridized carbons (Fsp3) is 0.353. The summed E-state index contributed by atoms with van der Waals surface area (Å²) in [5.41, 5.74) is 0.687. The van der Waals surface area contributed by atoms with Crippen molar-refractivity contribution in [1.29, 1.82) is 0 Å². The Morgan fingerprint density at radius 1 is 1.24 bits per heavy atom. The summed E-state index contributed by atoms with van der Waals surface area (Å²) in [6.45, 7) is 1.09. The van der Waals surface area contributed by atoms with Gasteiger partial charge in [0, 0.05) is 24.7 Å². The van der Waals surface area contributed by atoms with Crippen LogP contribution in [-0.2, 0) is 0 Å². The molecule has 132 valence electrons. The quantitative estimate of drug-likeness (QED) is 0.895. The number of hydrogen-bond acceptors (Lipinski definition) is 6. The largest absolute Gasteiger partial charge is 0.497 e. The lowest BCUT2D eigenvalue weighted by Gasteiger charge is -2.18. The highest BCUT2D eigenvalue weighted by molar-refractivity contribution is 5.89. The van der Waals surface area contributed by atoms with Crippen molar-refractivity contribution in [2.45, 2.75) is 12.5 Å². The first-order valence-corrected chi connectivity index (χ1v) is 7.90. The predicted molar refractivity (Wildman–Crippen MR) is 91.2 cm³/mol. The van der Waals surface area contributed by atoms with Gasteiger partial charge in [-0.05, 0) is 12.1 Å². The molecule has 1 aliphatic heterocycles. The predicted octanol–water partition coefficient (Wildman–Crippen LogP) is 2.18. The van der Waals surface area contributed by atoms with Crippen LogP contribution >= 0.6 is 0 Å². The Morgan fingerprint density at radius 2 is 2.08 bits per heavy atom. The maximum absolute atomic E-state index is 12.4. The fourth-order valence-corrected chi connectivity index (χ4v) is 2.57. The van der Waals surface area contributed by atoms with Crippen LogP contribution in [0, 0.1) is 0 Å². The van der Waals surface area contributed by atoms with Crippen molar-refractivity contribution in [2.24, 2.45) is 0 Å². The van der Waals surface area contributed by atoms with Crippen LogP contribution in [-0.4, -0.2) is 54.3 Å². The summed E-state index contributed by atoms with van der Waals surface area (Å²) in [4.78, 5) is 22.3. The number of nitrogens with one attached hydrogen (secondary N) is 1. The molecule has 1 atom stereocenters. The molecule has 1 aliphatic rings. The topological polar surface area (TPSA) is 85.8 Å². The fourth-order valence-electron chi connectivity index (χ4n) is 2.57. The van der Waals surface area contributed by atoms with Gasteiger partial charge in [-0.25, -0.2) is 4.79 Å². The number of carbonyl (C=O) groups is 1. The third-order valence-corrected chi connectivity index (χ3v) is 3.84. The van der Waals surface area contributed by atoms with E-state index in [-0.39, 0.29) is 12.1 Å². The molecule has 0 radical (unpaired) electrons. The molecule has 3 rings (SSSR count). The maximum Gasteiger partial charge on any atom is 0.321 e. The van der Waals surface area contributed by atoms with Crippen LogP contribution in [0.4, 0.5) is 10.5 Å². The molecule has 8 heteroatoms. The molecule has 2 amide bonds. The SMILES string of the molecule is COc1cccc(NC(=O)N2CCC(Oc3cncc(OC)n3)C2)c1. The van der Waals surface area contributed by atoms with Gasteiger partial charge in [-0.3, -0.25) is 4.98 Å². The first-order valence-electron chi connectivity index (χ1n) is 7.90. The van der Waals surface area contributed by atoms with Gasteiger partial charge in [-0.1, -0.05) is 6.07 Å². The Labute approximate surface area is 145 Å². The van der Waals surface area contributed by atoms with Gasteiger partial charge in [0.25, 0.3) is 0 Å². The lowest BCUT2D eigenvalue weighted by atomic mass is 10.3. The van der Waals surface area contributed by atoms with E-state index in [9.17, 15) is 4.79 Å². The first-order chi connectivity index (χ1) is 12.2. The Bertz CT molecular complexity index is 740. The minimum Gasteiger partial charge on any atom is -0.497 e. The van der Waals surface area contributed by atoms with E-state index in [4.69, 9.17) is 14.2 Å². The van der Waals surface area contributed by atoms with Crippen LogP contribution in [0.3, 0.4) is 0 Å². The Kier molecular flexibility index (Phi) is 5.17. The van der Waals surface area contributed by atoms with E-state index in [0.29, 0.717) is 36.3 Å². The summed E-state index contributed by atoms with van der Waals surface area (Å²) in [5.74, 6) is 1.47. The molecule has 1 aromatic carbocycles. The summed E-state index contributed by atoms with van der Waals surface area (Å²) >= 11 is 0. The zero-order chi connectivity index (χ0) is 17.6. The molecule has 1 aromatic heterocycles. The summed E-state index contributed by atoms with van der Waals surface area (Å²) in [6, 6.07) is 7.07. The second-order valence-electron chi connectivity index (χ2n) is 5.54. The molecule has 2 aromatic rings. The van der Waals surface area contributed by atoms with Gasteiger partial charge >= 0.3 is 6.03 Å². The number of ether oxygens (including phenoxy) is 3. The average molecular weight is 344 g/mol. The van der Waals surface area contributed by atoms with Gasteiger partial charge in [0.2, 0.25) is 11.8 Å². The van der Waals surface area contributed by atoms with Crippen LogP contribution in [0.25, 0.3) is 0 Å². The molecule has 2 heterocycles. The standard InChI is InChI=1S/C17H20N4O4/c1-23-13-5-3-4-12(8-13)19-17(22)21-7-6-14(11-21)25-16-10-18-9-15(20-16)24-2/h3-5,8-10,14H,6-7,11H2,1-2H3,(H,19,22). The first kappa shape index (κ1) is 16.8. The molecule has 0 aliphatic carbocycles. The number of amides is 2. The van der Waals surface area contributed by atoms with Crippen molar-refractivity contribution >= 4 is 11.7 Å². The minimum atomic E-state index is -0.170. The number of nitrogens with zero attached hydrogens (tertiary/aromatic N) is 3. The van der Waals surface area contributed by atoms with Crippen molar-refractivity contribution in [1.82, 2.24) is 14.9 Å².